The Morgan fingerprint density at radius 3 is 2.35 bits per heavy atom. The molecule has 0 spiro atoms. The minimum atomic E-state index is -1.45. The van der Waals surface area contributed by atoms with Crippen LogP contribution in [0.1, 0.15) is 24.0 Å². The van der Waals surface area contributed by atoms with Crippen LogP contribution in [0.5, 0.6) is 0 Å². The van der Waals surface area contributed by atoms with Crippen LogP contribution >= 0.6 is 27.5 Å². The summed E-state index contributed by atoms with van der Waals surface area (Å²) in [6, 6.07) is 11.3. The van der Waals surface area contributed by atoms with Crippen LogP contribution in [0, 0.1) is 10.1 Å². The first-order valence-electron chi connectivity index (χ1n) is 6.92. The molecule has 2 N–H and O–H groups in total. The molecule has 0 radical (unpaired) electrons. The molecule has 2 aromatic carbocycles. The number of nitrogens with zero attached hydrogens (tertiary/aromatic N) is 1. The number of halogens is 2. The van der Waals surface area contributed by atoms with Gasteiger partial charge in [-0.2, -0.15) is 0 Å². The Bertz CT molecular complexity index is 708. The molecule has 0 saturated heterocycles. The van der Waals surface area contributed by atoms with Gasteiger partial charge in [0.2, 0.25) is 0 Å². The predicted octanol–water partition coefficient (Wildman–Crippen LogP) is 4.02. The van der Waals surface area contributed by atoms with Gasteiger partial charge in [0.05, 0.1) is 4.92 Å². The maximum Gasteiger partial charge on any atom is 0.288 e. The molecular weight excluding hydrogens is 386 g/mol. The second-order valence-electron chi connectivity index (χ2n) is 5.12. The van der Waals surface area contributed by atoms with E-state index in [1.165, 1.54) is 12.1 Å². The molecule has 1 unspecified atom stereocenters. The fourth-order valence-corrected chi connectivity index (χ4v) is 2.88. The first-order chi connectivity index (χ1) is 10.9. The van der Waals surface area contributed by atoms with Crippen LogP contribution in [-0.4, -0.2) is 21.7 Å². The summed E-state index contributed by atoms with van der Waals surface area (Å²) in [6.07, 6.45) is 0.576. The van der Waals surface area contributed by atoms with Gasteiger partial charge >= 0.3 is 0 Å². The lowest BCUT2D eigenvalue weighted by molar-refractivity contribution is -0.384. The zero-order chi connectivity index (χ0) is 17.0. The van der Waals surface area contributed by atoms with Crippen LogP contribution in [0.25, 0.3) is 0 Å². The average Bonchev–Trinajstić information content (AvgIpc) is 2.53. The number of hydrogen-bond donors (Lipinski definition) is 2. The fourth-order valence-electron chi connectivity index (χ4n) is 2.43. The summed E-state index contributed by atoms with van der Waals surface area (Å²) in [6.45, 7) is -0.0888. The van der Waals surface area contributed by atoms with Crippen molar-refractivity contribution in [2.75, 3.05) is 6.61 Å². The van der Waals surface area contributed by atoms with E-state index in [1.807, 2.05) is 0 Å². The summed E-state index contributed by atoms with van der Waals surface area (Å²) in [7, 11) is 0. The van der Waals surface area contributed by atoms with Crippen molar-refractivity contribution in [3.05, 3.63) is 73.2 Å². The fraction of sp³-hybridized carbons (Fsp3) is 0.250. The summed E-state index contributed by atoms with van der Waals surface area (Å²) in [5.74, 6) is 0. The van der Waals surface area contributed by atoms with E-state index < -0.39 is 10.5 Å². The number of rotatable bonds is 6. The van der Waals surface area contributed by atoms with Crippen molar-refractivity contribution < 1.29 is 15.1 Å². The number of aliphatic hydroxyl groups excluding tert-OH is 1. The molecule has 0 bridgehead atoms. The Kier molecular flexibility index (Phi) is 5.75. The molecule has 0 amide bonds. The Labute approximate surface area is 146 Å². The molecule has 0 aliphatic rings. The van der Waals surface area contributed by atoms with Gasteiger partial charge in [-0.3, -0.25) is 10.1 Å². The first-order valence-corrected chi connectivity index (χ1v) is 8.09. The summed E-state index contributed by atoms with van der Waals surface area (Å²) in [4.78, 5) is 10.5. The maximum absolute atomic E-state index is 11.2. The van der Waals surface area contributed by atoms with Gasteiger partial charge in [-0.25, -0.2) is 0 Å². The topological polar surface area (TPSA) is 83.6 Å². The molecule has 0 aliphatic carbocycles. The van der Waals surface area contributed by atoms with E-state index in [1.54, 1.807) is 30.3 Å². The highest BCUT2D eigenvalue weighted by molar-refractivity contribution is 9.10. The number of aliphatic hydroxyl groups is 2. The second kappa shape index (κ2) is 7.40. The number of nitro groups is 1. The van der Waals surface area contributed by atoms with E-state index in [4.69, 9.17) is 16.7 Å². The third kappa shape index (κ3) is 3.90. The molecule has 7 heteroatoms. The van der Waals surface area contributed by atoms with E-state index in [2.05, 4.69) is 15.9 Å². The predicted molar refractivity (Wildman–Crippen MR) is 91.6 cm³/mol. The minimum Gasteiger partial charge on any atom is -0.396 e. The maximum atomic E-state index is 11.2. The Morgan fingerprint density at radius 1 is 1.17 bits per heavy atom. The standard InChI is InChI=1S/C16H15BrClNO4/c17-13-5-2-11(3-6-13)16(21,8-1-9-20)12-4-7-14(18)15(10-12)19(22)23/h2-7,10,20-21H,1,8-9H2. The van der Waals surface area contributed by atoms with E-state index in [-0.39, 0.29) is 23.7 Å². The van der Waals surface area contributed by atoms with E-state index in [0.29, 0.717) is 17.5 Å². The molecule has 1 atom stereocenters. The molecule has 0 heterocycles. The zero-order valence-corrected chi connectivity index (χ0v) is 14.4. The van der Waals surface area contributed by atoms with Crippen molar-refractivity contribution in [1.29, 1.82) is 0 Å². The largest absolute Gasteiger partial charge is 0.396 e. The van der Waals surface area contributed by atoms with Gasteiger partial charge in [-0.05, 0) is 42.2 Å². The highest BCUT2D eigenvalue weighted by atomic mass is 79.9. The first kappa shape index (κ1) is 17.9. The van der Waals surface area contributed by atoms with Crippen molar-refractivity contribution in [1.82, 2.24) is 0 Å². The molecular formula is C16H15BrClNO4. The Morgan fingerprint density at radius 2 is 1.78 bits per heavy atom. The van der Waals surface area contributed by atoms with Gasteiger partial charge < -0.3 is 10.2 Å². The van der Waals surface area contributed by atoms with Crippen molar-refractivity contribution in [3.8, 4) is 0 Å². The highest BCUT2D eigenvalue weighted by Crippen LogP contribution is 2.38. The highest BCUT2D eigenvalue weighted by Gasteiger charge is 2.33. The van der Waals surface area contributed by atoms with Gasteiger partial charge in [-0.1, -0.05) is 45.7 Å². The molecule has 0 aromatic heterocycles. The van der Waals surface area contributed by atoms with E-state index >= 15 is 0 Å². The van der Waals surface area contributed by atoms with Crippen LogP contribution in [0.15, 0.2) is 46.9 Å². The second-order valence-corrected chi connectivity index (χ2v) is 6.44. The summed E-state index contributed by atoms with van der Waals surface area (Å²) in [5.41, 5.74) is -0.752. The van der Waals surface area contributed by atoms with Crippen molar-refractivity contribution in [3.63, 3.8) is 0 Å². The molecule has 2 aromatic rings. The number of nitro benzene ring substituents is 1. The van der Waals surface area contributed by atoms with Gasteiger partial charge in [0.25, 0.3) is 5.69 Å². The van der Waals surface area contributed by atoms with E-state index in [0.717, 1.165) is 4.47 Å². The average molecular weight is 401 g/mol. The lowest BCUT2D eigenvalue weighted by atomic mass is 9.82. The minimum absolute atomic E-state index is 0.0130. The molecule has 122 valence electrons. The van der Waals surface area contributed by atoms with Crippen molar-refractivity contribution >= 4 is 33.2 Å². The van der Waals surface area contributed by atoms with Gasteiger partial charge in [0.1, 0.15) is 10.6 Å². The molecule has 0 aliphatic heterocycles. The van der Waals surface area contributed by atoms with Crippen LogP contribution in [-0.2, 0) is 5.60 Å². The Hall–Kier alpha value is -1.47. The normalized spacial score (nSPS) is 13.6. The van der Waals surface area contributed by atoms with Gasteiger partial charge in [0.15, 0.2) is 0 Å². The monoisotopic (exact) mass is 399 g/mol. The van der Waals surface area contributed by atoms with Crippen molar-refractivity contribution in [2.45, 2.75) is 18.4 Å². The third-order valence-corrected chi connectivity index (χ3v) is 4.49. The number of hydrogen-bond acceptors (Lipinski definition) is 4. The quantitative estimate of drug-likeness (QED) is 0.566. The van der Waals surface area contributed by atoms with Crippen LogP contribution in [0.3, 0.4) is 0 Å². The smallest absolute Gasteiger partial charge is 0.288 e. The Balaban J connectivity index is 2.56. The molecule has 23 heavy (non-hydrogen) atoms. The zero-order valence-electron chi connectivity index (χ0n) is 12.1. The summed E-state index contributed by atoms with van der Waals surface area (Å²) in [5, 5.41) is 31.4. The van der Waals surface area contributed by atoms with Gasteiger partial charge in [0, 0.05) is 17.1 Å². The van der Waals surface area contributed by atoms with Crippen LogP contribution in [0.4, 0.5) is 5.69 Å². The summed E-state index contributed by atoms with van der Waals surface area (Å²) >= 11 is 9.18. The molecule has 0 fully saturated rings. The van der Waals surface area contributed by atoms with Crippen LogP contribution in [0.2, 0.25) is 5.02 Å². The SMILES string of the molecule is O=[N+]([O-])c1cc(C(O)(CCCO)c2ccc(Br)cc2)ccc1Cl. The summed E-state index contributed by atoms with van der Waals surface area (Å²) < 4.78 is 0.854. The molecule has 0 saturated carbocycles. The number of benzene rings is 2. The molecule has 5 nitrogen and oxygen atoms in total. The van der Waals surface area contributed by atoms with Gasteiger partial charge in [-0.15, -0.1) is 0 Å². The third-order valence-electron chi connectivity index (χ3n) is 3.64. The lowest BCUT2D eigenvalue weighted by Gasteiger charge is -2.29. The lowest BCUT2D eigenvalue weighted by Crippen LogP contribution is -2.27. The van der Waals surface area contributed by atoms with Crippen LogP contribution < -0.4 is 0 Å². The molecule has 2 rings (SSSR count). The van der Waals surface area contributed by atoms with E-state index in [9.17, 15) is 15.2 Å². The van der Waals surface area contributed by atoms with Crippen molar-refractivity contribution in [2.24, 2.45) is 0 Å².